The Labute approximate surface area is 107 Å². The summed E-state index contributed by atoms with van der Waals surface area (Å²) in [5, 5.41) is 0. The number of benzene rings is 2. The van der Waals surface area contributed by atoms with Crippen LogP contribution in [0.1, 0.15) is 18.5 Å². The SMILES string of the molecule is C[C@H](N)c1ccc(N(C)c2cccc(F)c2)cc1. The smallest absolute Gasteiger partial charge is 0.125 e. The summed E-state index contributed by atoms with van der Waals surface area (Å²) < 4.78 is 13.2. The monoisotopic (exact) mass is 244 g/mol. The van der Waals surface area contributed by atoms with Crippen LogP contribution in [0.3, 0.4) is 0 Å². The molecule has 0 unspecified atom stereocenters. The van der Waals surface area contributed by atoms with Crippen LogP contribution in [0.5, 0.6) is 0 Å². The van der Waals surface area contributed by atoms with Crippen molar-refractivity contribution in [1.29, 1.82) is 0 Å². The van der Waals surface area contributed by atoms with Crippen molar-refractivity contribution in [2.24, 2.45) is 5.73 Å². The first-order chi connectivity index (χ1) is 8.58. The fourth-order valence-corrected chi connectivity index (χ4v) is 1.84. The van der Waals surface area contributed by atoms with Crippen LogP contribution >= 0.6 is 0 Å². The molecule has 0 aliphatic heterocycles. The Kier molecular flexibility index (Phi) is 3.63. The Morgan fingerprint density at radius 3 is 2.28 bits per heavy atom. The molecule has 2 N–H and O–H groups in total. The minimum atomic E-state index is -0.230. The molecule has 0 saturated carbocycles. The molecule has 0 spiro atoms. The van der Waals surface area contributed by atoms with E-state index in [4.69, 9.17) is 5.73 Å². The van der Waals surface area contributed by atoms with Gasteiger partial charge in [-0.15, -0.1) is 0 Å². The summed E-state index contributed by atoms with van der Waals surface area (Å²) in [7, 11) is 1.91. The maximum atomic E-state index is 13.2. The fraction of sp³-hybridized carbons (Fsp3) is 0.200. The highest BCUT2D eigenvalue weighted by Crippen LogP contribution is 2.25. The van der Waals surface area contributed by atoms with Gasteiger partial charge < -0.3 is 10.6 Å². The first-order valence-corrected chi connectivity index (χ1v) is 5.93. The van der Waals surface area contributed by atoms with Gasteiger partial charge in [-0.05, 0) is 42.8 Å². The van der Waals surface area contributed by atoms with Crippen LogP contribution in [0.4, 0.5) is 15.8 Å². The van der Waals surface area contributed by atoms with Gasteiger partial charge in [0.15, 0.2) is 0 Å². The van der Waals surface area contributed by atoms with Crippen molar-refractivity contribution in [3.63, 3.8) is 0 Å². The molecule has 0 saturated heterocycles. The fourth-order valence-electron chi connectivity index (χ4n) is 1.84. The van der Waals surface area contributed by atoms with Crippen molar-refractivity contribution in [3.8, 4) is 0 Å². The zero-order valence-electron chi connectivity index (χ0n) is 10.6. The van der Waals surface area contributed by atoms with Gasteiger partial charge in [0.05, 0.1) is 0 Å². The maximum Gasteiger partial charge on any atom is 0.125 e. The highest BCUT2D eigenvalue weighted by Gasteiger charge is 2.05. The second kappa shape index (κ2) is 5.19. The van der Waals surface area contributed by atoms with E-state index in [1.54, 1.807) is 6.07 Å². The highest BCUT2D eigenvalue weighted by molar-refractivity contribution is 5.62. The molecule has 0 aromatic heterocycles. The van der Waals surface area contributed by atoms with Crippen molar-refractivity contribution in [3.05, 3.63) is 59.9 Å². The summed E-state index contributed by atoms with van der Waals surface area (Å²) in [6.45, 7) is 1.95. The van der Waals surface area contributed by atoms with E-state index >= 15 is 0 Å². The van der Waals surface area contributed by atoms with Gasteiger partial charge in [0.25, 0.3) is 0 Å². The van der Waals surface area contributed by atoms with Crippen LogP contribution in [-0.4, -0.2) is 7.05 Å². The van der Waals surface area contributed by atoms with Crippen molar-refractivity contribution in [1.82, 2.24) is 0 Å². The number of nitrogens with zero attached hydrogens (tertiary/aromatic N) is 1. The normalized spacial score (nSPS) is 12.2. The number of hydrogen-bond donors (Lipinski definition) is 1. The minimum absolute atomic E-state index is 0.0264. The summed E-state index contributed by atoms with van der Waals surface area (Å²) >= 11 is 0. The third-order valence-electron chi connectivity index (χ3n) is 3.00. The maximum absolute atomic E-state index is 13.2. The second-order valence-corrected chi connectivity index (χ2v) is 4.42. The number of anilines is 2. The molecule has 0 fully saturated rings. The van der Waals surface area contributed by atoms with Crippen molar-refractivity contribution in [2.75, 3.05) is 11.9 Å². The van der Waals surface area contributed by atoms with Gasteiger partial charge in [-0.2, -0.15) is 0 Å². The Balaban J connectivity index is 2.26. The molecule has 18 heavy (non-hydrogen) atoms. The third kappa shape index (κ3) is 2.68. The summed E-state index contributed by atoms with van der Waals surface area (Å²) in [5.74, 6) is -0.230. The summed E-state index contributed by atoms with van der Waals surface area (Å²) in [5.41, 5.74) is 8.72. The Morgan fingerprint density at radius 1 is 1.06 bits per heavy atom. The van der Waals surface area contributed by atoms with E-state index in [9.17, 15) is 4.39 Å². The first-order valence-electron chi connectivity index (χ1n) is 5.93. The number of nitrogens with two attached hydrogens (primary N) is 1. The van der Waals surface area contributed by atoms with Crippen molar-refractivity contribution >= 4 is 11.4 Å². The van der Waals surface area contributed by atoms with E-state index < -0.39 is 0 Å². The van der Waals surface area contributed by atoms with Crippen LogP contribution < -0.4 is 10.6 Å². The molecule has 3 heteroatoms. The molecule has 2 nitrogen and oxygen atoms in total. The predicted molar refractivity (Wildman–Crippen MR) is 73.5 cm³/mol. The van der Waals surface area contributed by atoms with Gasteiger partial charge in [0, 0.05) is 24.5 Å². The summed E-state index contributed by atoms with van der Waals surface area (Å²) in [6, 6.07) is 14.5. The molecule has 2 aromatic rings. The Bertz CT molecular complexity index is 520. The molecule has 94 valence electrons. The van der Waals surface area contributed by atoms with Crippen molar-refractivity contribution < 1.29 is 4.39 Å². The third-order valence-corrected chi connectivity index (χ3v) is 3.00. The van der Waals surface area contributed by atoms with Crippen LogP contribution in [0.2, 0.25) is 0 Å². The lowest BCUT2D eigenvalue weighted by molar-refractivity contribution is 0.628. The Hall–Kier alpha value is -1.87. The van der Waals surface area contributed by atoms with Gasteiger partial charge in [-0.3, -0.25) is 0 Å². The second-order valence-electron chi connectivity index (χ2n) is 4.42. The summed E-state index contributed by atoms with van der Waals surface area (Å²) in [6.07, 6.45) is 0. The largest absolute Gasteiger partial charge is 0.345 e. The van der Waals surface area contributed by atoms with Gasteiger partial charge in [-0.25, -0.2) is 4.39 Å². The number of rotatable bonds is 3. The summed E-state index contributed by atoms with van der Waals surface area (Å²) in [4.78, 5) is 1.94. The number of halogens is 1. The van der Waals surface area contributed by atoms with E-state index in [1.807, 2.05) is 49.2 Å². The van der Waals surface area contributed by atoms with E-state index in [0.29, 0.717) is 0 Å². The molecule has 0 aliphatic carbocycles. The van der Waals surface area contributed by atoms with Crippen LogP contribution in [0.25, 0.3) is 0 Å². The molecule has 0 heterocycles. The molecule has 1 atom stereocenters. The highest BCUT2D eigenvalue weighted by atomic mass is 19.1. The Morgan fingerprint density at radius 2 is 1.72 bits per heavy atom. The van der Waals surface area contributed by atoms with E-state index in [-0.39, 0.29) is 11.9 Å². The van der Waals surface area contributed by atoms with Crippen molar-refractivity contribution in [2.45, 2.75) is 13.0 Å². The molecule has 0 radical (unpaired) electrons. The molecular weight excluding hydrogens is 227 g/mol. The quantitative estimate of drug-likeness (QED) is 0.893. The van der Waals surface area contributed by atoms with E-state index in [0.717, 1.165) is 16.9 Å². The lowest BCUT2D eigenvalue weighted by atomic mass is 10.1. The lowest BCUT2D eigenvalue weighted by Crippen LogP contribution is -2.10. The molecule has 0 amide bonds. The molecule has 0 bridgehead atoms. The number of hydrogen-bond acceptors (Lipinski definition) is 2. The van der Waals surface area contributed by atoms with Crippen LogP contribution in [-0.2, 0) is 0 Å². The molecular formula is C15H17FN2. The standard InChI is InChI=1S/C15H17FN2/c1-11(17)12-6-8-14(9-7-12)18(2)15-5-3-4-13(16)10-15/h3-11H,17H2,1-2H3/t11-/m0/s1. The van der Waals surface area contributed by atoms with Gasteiger partial charge in [-0.1, -0.05) is 18.2 Å². The van der Waals surface area contributed by atoms with E-state index in [2.05, 4.69) is 0 Å². The van der Waals surface area contributed by atoms with Gasteiger partial charge in [0.1, 0.15) is 5.82 Å². The minimum Gasteiger partial charge on any atom is -0.345 e. The average Bonchev–Trinajstić information content (AvgIpc) is 2.38. The zero-order valence-corrected chi connectivity index (χ0v) is 10.6. The van der Waals surface area contributed by atoms with Gasteiger partial charge in [0.2, 0.25) is 0 Å². The predicted octanol–water partition coefficient (Wildman–Crippen LogP) is 3.61. The lowest BCUT2D eigenvalue weighted by Gasteiger charge is -2.20. The zero-order chi connectivity index (χ0) is 13.1. The van der Waals surface area contributed by atoms with E-state index in [1.165, 1.54) is 12.1 Å². The van der Waals surface area contributed by atoms with Crippen LogP contribution in [0, 0.1) is 5.82 Å². The topological polar surface area (TPSA) is 29.3 Å². The molecule has 2 rings (SSSR count). The molecule has 0 aliphatic rings. The molecule has 2 aromatic carbocycles. The first kappa shape index (κ1) is 12.6. The average molecular weight is 244 g/mol. The van der Waals surface area contributed by atoms with Gasteiger partial charge >= 0.3 is 0 Å². The van der Waals surface area contributed by atoms with Crippen LogP contribution in [0.15, 0.2) is 48.5 Å².